The summed E-state index contributed by atoms with van der Waals surface area (Å²) in [6.45, 7) is 3.42. The summed E-state index contributed by atoms with van der Waals surface area (Å²) in [6, 6.07) is 8.02. The second-order valence-corrected chi connectivity index (χ2v) is 4.94. The van der Waals surface area contributed by atoms with E-state index in [1.54, 1.807) is 7.05 Å². The predicted octanol–water partition coefficient (Wildman–Crippen LogP) is 1.74. The van der Waals surface area contributed by atoms with Gasteiger partial charge < -0.3 is 10.4 Å². The van der Waals surface area contributed by atoms with Crippen LogP contribution in [-0.4, -0.2) is 42.7 Å². The summed E-state index contributed by atoms with van der Waals surface area (Å²) >= 11 is 0. The lowest BCUT2D eigenvalue weighted by molar-refractivity contribution is -0.139. The van der Waals surface area contributed by atoms with Gasteiger partial charge in [-0.25, -0.2) is 0 Å². The summed E-state index contributed by atoms with van der Waals surface area (Å²) in [5.41, 5.74) is 2.56. The SMILES string of the molecule is CCCc1ccc(CN(C)CC(NC)C(=O)O)cc1. The second kappa shape index (κ2) is 7.92. The molecule has 0 radical (unpaired) electrons. The number of benzene rings is 1. The number of carbonyl (C=O) groups is 1. The van der Waals surface area contributed by atoms with Crippen LogP contribution in [0.1, 0.15) is 24.5 Å². The summed E-state index contributed by atoms with van der Waals surface area (Å²) < 4.78 is 0. The van der Waals surface area contributed by atoms with Crippen LogP contribution in [0.2, 0.25) is 0 Å². The molecule has 19 heavy (non-hydrogen) atoms. The monoisotopic (exact) mass is 264 g/mol. The highest BCUT2D eigenvalue weighted by molar-refractivity contribution is 5.73. The first-order valence-electron chi connectivity index (χ1n) is 6.73. The van der Waals surface area contributed by atoms with Crippen molar-refractivity contribution in [1.29, 1.82) is 0 Å². The van der Waals surface area contributed by atoms with Gasteiger partial charge in [-0.3, -0.25) is 9.69 Å². The van der Waals surface area contributed by atoms with Crippen molar-refractivity contribution < 1.29 is 9.90 Å². The molecule has 1 atom stereocenters. The average Bonchev–Trinajstić information content (AvgIpc) is 2.38. The van der Waals surface area contributed by atoms with Crippen molar-refractivity contribution in [3.8, 4) is 0 Å². The minimum Gasteiger partial charge on any atom is -0.480 e. The van der Waals surface area contributed by atoms with Gasteiger partial charge >= 0.3 is 5.97 Å². The molecular weight excluding hydrogens is 240 g/mol. The van der Waals surface area contributed by atoms with Gasteiger partial charge in [0.25, 0.3) is 0 Å². The highest BCUT2D eigenvalue weighted by Gasteiger charge is 2.16. The van der Waals surface area contributed by atoms with Gasteiger partial charge in [-0.15, -0.1) is 0 Å². The van der Waals surface area contributed by atoms with Crippen LogP contribution in [0.25, 0.3) is 0 Å². The smallest absolute Gasteiger partial charge is 0.322 e. The summed E-state index contributed by atoms with van der Waals surface area (Å²) in [5, 5.41) is 11.8. The number of nitrogens with zero attached hydrogens (tertiary/aromatic N) is 1. The van der Waals surface area contributed by atoms with E-state index in [1.165, 1.54) is 11.1 Å². The maximum atomic E-state index is 10.9. The Bertz CT molecular complexity index is 390. The van der Waals surface area contributed by atoms with E-state index in [2.05, 4.69) is 36.5 Å². The largest absolute Gasteiger partial charge is 0.480 e. The van der Waals surface area contributed by atoms with E-state index < -0.39 is 12.0 Å². The molecule has 0 amide bonds. The van der Waals surface area contributed by atoms with Crippen molar-refractivity contribution >= 4 is 5.97 Å². The first-order valence-corrected chi connectivity index (χ1v) is 6.73. The summed E-state index contributed by atoms with van der Waals surface area (Å²) in [6.07, 6.45) is 2.26. The molecule has 2 N–H and O–H groups in total. The lowest BCUT2D eigenvalue weighted by Gasteiger charge is -2.21. The van der Waals surface area contributed by atoms with Gasteiger partial charge in [0, 0.05) is 13.1 Å². The lowest BCUT2D eigenvalue weighted by Crippen LogP contribution is -2.43. The van der Waals surface area contributed by atoms with Gasteiger partial charge in [0.05, 0.1) is 0 Å². The van der Waals surface area contributed by atoms with Gasteiger partial charge in [0.15, 0.2) is 0 Å². The molecule has 0 saturated heterocycles. The molecule has 0 bridgehead atoms. The summed E-state index contributed by atoms with van der Waals surface area (Å²) in [7, 11) is 3.61. The zero-order valence-electron chi connectivity index (χ0n) is 12.0. The van der Waals surface area contributed by atoms with Crippen molar-refractivity contribution in [1.82, 2.24) is 10.2 Å². The quantitative estimate of drug-likeness (QED) is 0.751. The second-order valence-electron chi connectivity index (χ2n) is 4.94. The number of likely N-dealkylation sites (N-methyl/N-ethyl adjacent to an activating group) is 2. The Balaban J connectivity index is 2.51. The van der Waals surface area contributed by atoms with E-state index in [4.69, 9.17) is 5.11 Å². The van der Waals surface area contributed by atoms with E-state index >= 15 is 0 Å². The number of nitrogens with one attached hydrogen (secondary N) is 1. The number of aliphatic carboxylic acids is 1. The third-order valence-corrected chi connectivity index (χ3v) is 3.15. The molecule has 0 saturated carbocycles. The summed E-state index contributed by atoms with van der Waals surface area (Å²) in [4.78, 5) is 13.0. The highest BCUT2D eigenvalue weighted by Crippen LogP contribution is 2.08. The fraction of sp³-hybridized carbons (Fsp3) is 0.533. The van der Waals surface area contributed by atoms with Crippen LogP contribution >= 0.6 is 0 Å². The fourth-order valence-corrected chi connectivity index (χ4v) is 2.08. The molecular formula is C15H24N2O2. The van der Waals surface area contributed by atoms with E-state index in [-0.39, 0.29) is 0 Å². The van der Waals surface area contributed by atoms with Crippen molar-refractivity contribution in [2.75, 3.05) is 20.6 Å². The Labute approximate surface area is 115 Å². The predicted molar refractivity (Wildman–Crippen MR) is 77.3 cm³/mol. The maximum absolute atomic E-state index is 10.9. The zero-order valence-corrected chi connectivity index (χ0v) is 12.0. The van der Waals surface area contributed by atoms with Crippen molar-refractivity contribution in [3.63, 3.8) is 0 Å². The maximum Gasteiger partial charge on any atom is 0.322 e. The van der Waals surface area contributed by atoms with Gasteiger partial charge in [-0.05, 0) is 31.6 Å². The first-order chi connectivity index (χ1) is 9.06. The Morgan fingerprint density at radius 3 is 2.37 bits per heavy atom. The van der Waals surface area contributed by atoms with E-state index in [0.717, 1.165) is 19.4 Å². The van der Waals surface area contributed by atoms with Gasteiger partial charge in [0.1, 0.15) is 6.04 Å². The van der Waals surface area contributed by atoms with Crippen LogP contribution < -0.4 is 5.32 Å². The Kier molecular flexibility index (Phi) is 6.53. The van der Waals surface area contributed by atoms with Crippen LogP contribution in [0, 0.1) is 0 Å². The number of hydrogen-bond donors (Lipinski definition) is 2. The number of carboxylic acid groups (broad SMARTS) is 1. The molecule has 0 aliphatic carbocycles. The van der Waals surface area contributed by atoms with Crippen molar-refractivity contribution in [2.45, 2.75) is 32.4 Å². The van der Waals surface area contributed by atoms with Crippen LogP contribution in [0.3, 0.4) is 0 Å². The van der Waals surface area contributed by atoms with Crippen LogP contribution in [0.4, 0.5) is 0 Å². The standard InChI is InChI=1S/C15H24N2O2/c1-4-5-12-6-8-13(9-7-12)10-17(3)11-14(16-2)15(18)19/h6-9,14,16H,4-5,10-11H2,1-3H3,(H,18,19). The number of rotatable bonds is 8. The third kappa shape index (κ3) is 5.41. The molecule has 4 nitrogen and oxygen atoms in total. The Hall–Kier alpha value is -1.39. The van der Waals surface area contributed by atoms with E-state index in [9.17, 15) is 4.79 Å². The average molecular weight is 264 g/mol. The molecule has 1 rings (SSSR count). The third-order valence-electron chi connectivity index (χ3n) is 3.15. The Morgan fingerprint density at radius 1 is 1.32 bits per heavy atom. The minimum atomic E-state index is -0.812. The molecule has 0 aliphatic rings. The molecule has 0 spiro atoms. The highest BCUT2D eigenvalue weighted by atomic mass is 16.4. The molecule has 1 aromatic carbocycles. The summed E-state index contributed by atoms with van der Waals surface area (Å²) in [5.74, 6) is -0.812. The molecule has 0 fully saturated rings. The topological polar surface area (TPSA) is 52.6 Å². The van der Waals surface area contributed by atoms with Crippen LogP contribution in [-0.2, 0) is 17.8 Å². The number of hydrogen-bond acceptors (Lipinski definition) is 3. The minimum absolute atomic E-state index is 0.489. The van der Waals surface area contributed by atoms with Crippen LogP contribution in [0.15, 0.2) is 24.3 Å². The fourth-order valence-electron chi connectivity index (χ4n) is 2.08. The molecule has 4 heteroatoms. The molecule has 0 aliphatic heterocycles. The van der Waals surface area contributed by atoms with Crippen molar-refractivity contribution in [2.24, 2.45) is 0 Å². The molecule has 0 heterocycles. The Morgan fingerprint density at radius 2 is 1.89 bits per heavy atom. The van der Waals surface area contributed by atoms with Gasteiger partial charge in [-0.1, -0.05) is 37.6 Å². The lowest BCUT2D eigenvalue weighted by atomic mass is 10.1. The van der Waals surface area contributed by atoms with E-state index in [0.29, 0.717) is 6.54 Å². The molecule has 1 unspecified atom stereocenters. The van der Waals surface area contributed by atoms with Gasteiger partial charge in [0.2, 0.25) is 0 Å². The number of carboxylic acids is 1. The zero-order chi connectivity index (χ0) is 14.3. The molecule has 0 aromatic heterocycles. The molecule has 1 aromatic rings. The first kappa shape index (κ1) is 15.7. The van der Waals surface area contributed by atoms with Crippen LogP contribution in [0.5, 0.6) is 0 Å². The van der Waals surface area contributed by atoms with Crippen molar-refractivity contribution in [3.05, 3.63) is 35.4 Å². The molecule has 106 valence electrons. The van der Waals surface area contributed by atoms with Gasteiger partial charge in [-0.2, -0.15) is 0 Å². The number of aryl methyl sites for hydroxylation is 1. The van der Waals surface area contributed by atoms with E-state index in [1.807, 2.05) is 11.9 Å². The normalized spacial score (nSPS) is 12.6.